The average Bonchev–Trinajstić information content (AvgIpc) is 2.74. The van der Waals surface area contributed by atoms with Crippen LogP contribution in [0.5, 0.6) is 5.88 Å². The molecule has 8 nitrogen and oxygen atoms in total. The van der Waals surface area contributed by atoms with Crippen molar-refractivity contribution in [2.75, 3.05) is 50.2 Å². The summed E-state index contributed by atoms with van der Waals surface area (Å²) >= 11 is 0. The predicted molar refractivity (Wildman–Crippen MR) is 111 cm³/mol. The van der Waals surface area contributed by atoms with Crippen LogP contribution in [0.25, 0.3) is 0 Å². The molecule has 3 N–H and O–H groups in total. The molecule has 2 aliphatic rings. The molecule has 2 aromatic rings. The van der Waals surface area contributed by atoms with Crippen LogP contribution in [-0.2, 0) is 9.47 Å². The topological polar surface area (TPSA) is 107 Å². The van der Waals surface area contributed by atoms with Crippen LogP contribution in [0.4, 0.5) is 11.5 Å². The molecular formula is C21H27N5O3. The number of nitrogens with zero attached hydrogens (tertiary/aromatic N) is 3. The van der Waals surface area contributed by atoms with Crippen molar-refractivity contribution in [2.45, 2.75) is 25.9 Å². The van der Waals surface area contributed by atoms with Crippen LogP contribution in [0.1, 0.15) is 29.7 Å². The van der Waals surface area contributed by atoms with Crippen LogP contribution in [0.2, 0.25) is 0 Å². The van der Waals surface area contributed by atoms with Gasteiger partial charge in [0.2, 0.25) is 5.88 Å². The summed E-state index contributed by atoms with van der Waals surface area (Å²) in [5, 5.41) is 8.86. The average molecular weight is 397 g/mol. The Bertz CT molecular complexity index is 877. The highest BCUT2D eigenvalue weighted by Gasteiger charge is 2.23. The number of morpholine rings is 1. The second kappa shape index (κ2) is 8.75. The van der Waals surface area contributed by atoms with E-state index in [2.05, 4.69) is 14.9 Å². The quantitative estimate of drug-likeness (QED) is 0.745. The fraction of sp³-hybridized carbons (Fsp3) is 0.476. The molecule has 0 bridgehead atoms. The molecule has 154 valence electrons. The summed E-state index contributed by atoms with van der Waals surface area (Å²) in [7, 11) is 0. The molecule has 29 heavy (non-hydrogen) atoms. The van der Waals surface area contributed by atoms with E-state index in [1.807, 2.05) is 19.1 Å². The van der Waals surface area contributed by atoms with Gasteiger partial charge in [0.25, 0.3) is 0 Å². The lowest BCUT2D eigenvalue weighted by Crippen LogP contribution is -2.36. The number of hydrogen-bond acceptors (Lipinski definition) is 8. The monoisotopic (exact) mass is 397 g/mol. The standard InChI is InChI=1S/C21H27N5O3/c1-14-12-17(22)19(21(25-14)29-16-3-8-27-9-4-16)20(23)15-2-5-24-18(13-15)26-6-10-28-11-7-26/h2,5,12-13,16,23H,3-4,6-11H2,1H3,(H2,22,25). The third-order valence-corrected chi connectivity index (χ3v) is 5.21. The highest BCUT2D eigenvalue weighted by atomic mass is 16.5. The molecule has 0 radical (unpaired) electrons. The number of hydrogen-bond donors (Lipinski definition) is 2. The maximum atomic E-state index is 8.86. The van der Waals surface area contributed by atoms with Crippen molar-refractivity contribution in [3.63, 3.8) is 0 Å². The van der Waals surface area contributed by atoms with E-state index in [4.69, 9.17) is 25.4 Å². The highest BCUT2D eigenvalue weighted by molar-refractivity contribution is 6.15. The van der Waals surface area contributed by atoms with Gasteiger partial charge in [0, 0.05) is 49.1 Å². The fourth-order valence-electron chi connectivity index (χ4n) is 3.64. The van der Waals surface area contributed by atoms with E-state index in [9.17, 15) is 0 Å². The van der Waals surface area contributed by atoms with Gasteiger partial charge in [0.1, 0.15) is 11.9 Å². The van der Waals surface area contributed by atoms with Crippen molar-refractivity contribution in [1.82, 2.24) is 9.97 Å². The van der Waals surface area contributed by atoms with Gasteiger partial charge in [-0.15, -0.1) is 0 Å². The zero-order valence-corrected chi connectivity index (χ0v) is 16.7. The first-order valence-corrected chi connectivity index (χ1v) is 10.0. The van der Waals surface area contributed by atoms with Crippen LogP contribution >= 0.6 is 0 Å². The number of rotatable bonds is 5. The van der Waals surface area contributed by atoms with Gasteiger partial charge in [-0.2, -0.15) is 0 Å². The van der Waals surface area contributed by atoms with E-state index in [0.29, 0.717) is 43.6 Å². The third-order valence-electron chi connectivity index (χ3n) is 5.21. The molecule has 0 atom stereocenters. The van der Waals surface area contributed by atoms with Gasteiger partial charge in [-0.25, -0.2) is 9.97 Å². The normalized spacial score (nSPS) is 17.9. The minimum absolute atomic E-state index is 0.0188. The zero-order valence-electron chi connectivity index (χ0n) is 16.7. The van der Waals surface area contributed by atoms with Crippen molar-refractivity contribution in [3.8, 4) is 5.88 Å². The summed E-state index contributed by atoms with van der Waals surface area (Å²) in [6.07, 6.45) is 3.36. The summed E-state index contributed by atoms with van der Waals surface area (Å²) < 4.78 is 17.0. The number of aryl methyl sites for hydroxylation is 1. The van der Waals surface area contributed by atoms with Crippen molar-refractivity contribution in [2.24, 2.45) is 0 Å². The molecule has 4 heterocycles. The SMILES string of the molecule is Cc1cc(N)c(C(=N)c2ccnc(N3CCOCC3)c2)c(OC2CCOCC2)n1. The summed E-state index contributed by atoms with van der Waals surface area (Å²) in [5.41, 5.74) is 9.13. The van der Waals surface area contributed by atoms with Gasteiger partial charge < -0.3 is 24.8 Å². The van der Waals surface area contributed by atoms with Crippen LogP contribution < -0.4 is 15.4 Å². The summed E-state index contributed by atoms with van der Waals surface area (Å²) in [6.45, 7) is 6.16. The second-order valence-corrected chi connectivity index (χ2v) is 7.34. The van der Waals surface area contributed by atoms with Crippen LogP contribution in [0.15, 0.2) is 24.4 Å². The Morgan fingerprint density at radius 1 is 1.17 bits per heavy atom. The number of nitrogen functional groups attached to an aromatic ring is 1. The molecule has 0 spiro atoms. The molecule has 4 rings (SSSR count). The Morgan fingerprint density at radius 3 is 2.66 bits per heavy atom. The number of ether oxygens (including phenoxy) is 3. The molecule has 0 amide bonds. The lowest BCUT2D eigenvalue weighted by Gasteiger charge is -2.28. The van der Waals surface area contributed by atoms with Crippen molar-refractivity contribution >= 4 is 17.2 Å². The van der Waals surface area contributed by atoms with Gasteiger partial charge in [-0.05, 0) is 25.1 Å². The maximum absolute atomic E-state index is 8.86. The molecule has 2 saturated heterocycles. The van der Waals surface area contributed by atoms with E-state index in [1.165, 1.54) is 0 Å². The van der Waals surface area contributed by atoms with Gasteiger partial charge in [0.05, 0.1) is 37.7 Å². The molecule has 2 aromatic heterocycles. The molecule has 0 aliphatic carbocycles. The smallest absolute Gasteiger partial charge is 0.225 e. The van der Waals surface area contributed by atoms with Gasteiger partial charge in [-0.1, -0.05) is 0 Å². The van der Waals surface area contributed by atoms with E-state index in [0.717, 1.165) is 43.0 Å². The van der Waals surface area contributed by atoms with Gasteiger partial charge in [-0.3, -0.25) is 5.41 Å². The predicted octanol–water partition coefficient (Wildman–Crippen LogP) is 2.18. The zero-order chi connectivity index (χ0) is 20.2. The fourth-order valence-corrected chi connectivity index (χ4v) is 3.64. The van der Waals surface area contributed by atoms with Gasteiger partial charge >= 0.3 is 0 Å². The summed E-state index contributed by atoms with van der Waals surface area (Å²) in [6, 6.07) is 5.53. The highest BCUT2D eigenvalue weighted by Crippen LogP contribution is 2.29. The number of pyridine rings is 2. The Morgan fingerprint density at radius 2 is 1.90 bits per heavy atom. The van der Waals surface area contributed by atoms with Crippen LogP contribution in [-0.4, -0.2) is 61.3 Å². The summed E-state index contributed by atoms with van der Waals surface area (Å²) in [5.74, 6) is 1.25. The maximum Gasteiger partial charge on any atom is 0.225 e. The first-order valence-electron chi connectivity index (χ1n) is 10.0. The molecule has 0 aromatic carbocycles. The van der Waals surface area contributed by atoms with E-state index in [-0.39, 0.29) is 11.8 Å². The number of nitrogens with two attached hydrogens (primary N) is 1. The Hall–Kier alpha value is -2.71. The first kappa shape index (κ1) is 19.6. The number of anilines is 2. The Kier molecular flexibility index (Phi) is 5.92. The molecule has 2 aliphatic heterocycles. The molecular weight excluding hydrogens is 370 g/mol. The van der Waals surface area contributed by atoms with Crippen molar-refractivity contribution in [3.05, 3.63) is 41.2 Å². The van der Waals surface area contributed by atoms with E-state index < -0.39 is 0 Å². The minimum Gasteiger partial charge on any atom is -0.474 e. The lowest BCUT2D eigenvalue weighted by atomic mass is 10.0. The minimum atomic E-state index is 0.0188. The largest absolute Gasteiger partial charge is 0.474 e. The lowest BCUT2D eigenvalue weighted by molar-refractivity contribution is 0.0236. The molecule has 8 heteroatoms. The third kappa shape index (κ3) is 4.49. The first-order chi connectivity index (χ1) is 14.1. The number of aromatic nitrogens is 2. The van der Waals surface area contributed by atoms with E-state index >= 15 is 0 Å². The van der Waals surface area contributed by atoms with Gasteiger partial charge in [0.15, 0.2) is 0 Å². The van der Waals surface area contributed by atoms with Crippen molar-refractivity contribution < 1.29 is 14.2 Å². The van der Waals surface area contributed by atoms with Crippen LogP contribution in [0.3, 0.4) is 0 Å². The van der Waals surface area contributed by atoms with Crippen LogP contribution in [0, 0.1) is 12.3 Å². The van der Waals surface area contributed by atoms with Crippen molar-refractivity contribution in [1.29, 1.82) is 5.41 Å². The molecule has 2 fully saturated rings. The number of nitrogens with one attached hydrogen (secondary N) is 1. The Labute approximate surface area is 170 Å². The van der Waals surface area contributed by atoms with E-state index in [1.54, 1.807) is 12.3 Å². The summed E-state index contributed by atoms with van der Waals surface area (Å²) in [4.78, 5) is 11.2. The Balaban J connectivity index is 1.64. The second-order valence-electron chi connectivity index (χ2n) is 7.34. The molecule has 0 saturated carbocycles. The molecule has 0 unspecified atom stereocenters.